The van der Waals surface area contributed by atoms with Gasteiger partial charge in [0, 0.05) is 18.9 Å². The molecule has 33 heavy (non-hydrogen) atoms. The van der Waals surface area contributed by atoms with Crippen LogP contribution in [-0.4, -0.2) is 33.0 Å². The Kier molecular flexibility index (Phi) is 6.79. The van der Waals surface area contributed by atoms with Gasteiger partial charge in [0.25, 0.3) is 11.8 Å². The zero-order valence-corrected chi connectivity index (χ0v) is 18.5. The molecular weight excluding hydrogens is 425 g/mol. The Bertz CT molecular complexity index is 1130. The maximum absolute atomic E-state index is 13.2. The van der Waals surface area contributed by atoms with Crippen molar-refractivity contribution in [2.45, 2.75) is 45.5 Å². The second-order valence-electron chi connectivity index (χ2n) is 7.88. The number of rotatable bonds is 7. The SMILES string of the molecule is CCC(NC(=O)c1cc(C(=O)NC(C)c2ccc(F)cc2)c2n1CCOC2)c1ncccn1. The molecule has 172 valence electrons. The fraction of sp³-hybridized carbons (Fsp3) is 0.333. The molecule has 2 unspecified atom stereocenters. The van der Waals surface area contributed by atoms with E-state index in [9.17, 15) is 14.0 Å². The summed E-state index contributed by atoms with van der Waals surface area (Å²) in [5.74, 6) is -0.423. The van der Waals surface area contributed by atoms with Crippen molar-refractivity contribution < 1.29 is 18.7 Å². The van der Waals surface area contributed by atoms with Gasteiger partial charge in [-0.15, -0.1) is 0 Å². The average Bonchev–Trinajstić information content (AvgIpc) is 3.23. The number of amides is 2. The molecule has 1 aliphatic rings. The maximum atomic E-state index is 13.2. The molecule has 8 nitrogen and oxygen atoms in total. The largest absolute Gasteiger partial charge is 0.373 e. The van der Waals surface area contributed by atoms with E-state index in [1.54, 1.807) is 36.7 Å². The van der Waals surface area contributed by atoms with Gasteiger partial charge in [-0.25, -0.2) is 14.4 Å². The molecule has 0 bridgehead atoms. The molecule has 3 aromatic rings. The van der Waals surface area contributed by atoms with Crippen LogP contribution in [0.4, 0.5) is 4.39 Å². The summed E-state index contributed by atoms with van der Waals surface area (Å²) in [4.78, 5) is 34.8. The summed E-state index contributed by atoms with van der Waals surface area (Å²) in [6.45, 7) is 4.92. The predicted molar refractivity (Wildman–Crippen MR) is 119 cm³/mol. The number of nitrogens with one attached hydrogen (secondary N) is 2. The molecule has 0 aliphatic carbocycles. The molecule has 0 saturated heterocycles. The Morgan fingerprint density at radius 2 is 1.88 bits per heavy atom. The average molecular weight is 452 g/mol. The summed E-state index contributed by atoms with van der Waals surface area (Å²) < 4.78 is 20.6. The molecule has 2 N–H and O–H groups in total. The van der Waals surface area contributed by atoms with E-state index in [0.717, 1.165) is 5.56 Å². The van der Waals surface area contributed by atoms with E-state index < -0.39 is 0 Å². The third-order valence-electron chi connectivity index (χ3n) is 5.71. The molecule has 3 heterocycles. The quantitative estimate of drug-likeness (QED) is 0.574. The van der Waals surface area contributed by atoms with Crippen LogP contribution in [-0.2, 0) is 17.9 Å². The minimum Gasteiger partial charge on any atom is -0.373 e. The van der Waals surface area contributed by atoms with Crippen LogP contribution in [0.2, 0.25) is 0 Å². The highest BCUT2D eigenvalue weighted by Crippen LogP contribution is 2.23. The summed E-state index contributed by atoms with van der Waals surface area (Å²) in [6, 6.07) is 8.62. The van der Waals surface area contributed by atoms with Crippen LogP contribution in [0, 0.1) is 5.82 Å². The highest BCUT2D eigenvalue weighted by atomic mass is 19.1. The molecule has 1 aliphatic heterocycles. The lowest BCUT2D eigenvalue weighted by Gasteiger charge is -2.21. The Hall–Kier alpha value is -3.59. The number of aromatic nitrogens is 3. The van der Waals surface area contributed by atoms with Crippen LogP contribution in [0.25, 0.3) is 0 Å². The monoisotopic (exact) mass is 451 g/mol. The van der Waals surface area contributed by atoms with Crippen LogP contribution in [0.3, 0.4) is 0 Å². The Morgan fingerprint density at radius 1 is 1.15 bits per heavy atom. The van der Waals surface area contributed by atoms with Crippen LogP contribution in [0.5, 0.6) is 0 Å². The number of hydrogen-bond donors (Lipinski definition) is 2. The van der Waals surface area contributed by atoms with Gasteiger partial charge in [0.15, 0.2) is 0 Å². The number of ether oxygens (including phenoxy) is 1. The molecule has 9 heteroatoms. The second-order valence-corrected chi connectivity index (χ2v) is 7.88. The minimum atomic E-state index is -0.347. The third-order valence-corrected chi connectivity index (χ3v) is 5.71. The van der Waals surface area contributed by atoms with Gasteiger partial charge in [0.2, 0.25) is 0 Å². The Balaban J connectivity index is 1.56. The normalized spacial score (nSPS) is 14.8. The lowest BCUT2D eigenvalue weighted by molar-refractivity contribution is 0.0773. The van der Waals surface area contributed by atoms with Crippen LogP contribution >= 0.6 is 0 Å². The molecule has 2 atom stereocenters. The first-order valence-corrected chi connectivity index (χ1v) is 10.9. The maximum Gasteiger partial charge on any atom is 0.268 e. The van der Waals surface area contributed by atoms with Crippen molar-refractivity contribution in [3.63, 3.8) is 0 Å². The molecule has 0 spiro atoms. The van der Waals surface area contributed by atoms with E-state index in [-0.39, 0.29) is 36.3 Å². The summed E-state index contributed by atoms with van der Waals surface area (Å²) >= 11 is 0. The lowest BCUT2D eigenvalue weighted by atomic mass is 10.1. The van der Waals surface area contributed by atoms with E-state index in [0.29, 0.717) is 42.3 Å². The highest BCUT2D eigenvalue weighted by Gasteiger charge is 2.28. The number of carbonyl (C=O) groups excluding carboxylic acids is 2. The number of benzene rings is 1. The molecule has 0 fully saturated rings. The Morgan fingerprint density at radius 3 is 2.58 bits per heavy atom. The number of halogens is 1. The first-order valence-electron chi connectivity index (χ1n) is 10.9. The van der Waals surface area contributed by atoms with Gasteiger partial charge >= 0.3 is 0 Å². The highest BCUT2D eigenvalue weighted by molar-refractivity contribution is 6.01. The number of hydrogen-bond acceptors (Lipinski definition) is 5. The summed E-state index contributed by atoms with van der Waals surface area (Å²) in [5.41, 5.74) is 2.21. The van der Waals surface area contributed by atoms with E-state index in [2.05, 4.69) is 20.6 Å². The predicted octanol–water partition coefficient (Wildman–Crippen LogP) is 3.32. The lowest BCUT2D eigenvalue weighted by Crippen LogP contribution is -2.32. The van der Waals surface area contributed by atoms with Crippen LogP contribution in [0.15, 0.2) is 48.8 Å². The summed E-state index contributed by atoms with van der Waals surface area (Å²) in [5, 5.41) is 5.91. The smallest absolute Gasteiger partial charge is 0.268 e. The zero-order valence-electron chi connectivity index (χ0n) is 18.5. The third kappa shape index (κ3) is 4.93. The van der Waals surface area contributed by atoms with Gasteiger partial charge in [-0.1, -0.05) is 19.1 Å². The van der Waals surface area contributed by atoms with Gasteiger partial charge in [-0.3, -0.25) is 9.59 Å². The van der Waals surface area contributed by atoms with Crippen molar-refractivity contribution in [1.82, 2.24) is 25.2 Å². The van der Waals surface area contributed by atoms with Crippen molar-refractivity contribution in [3.05, 3.63) is 82.9 Å². The van der Waals surface area contributed by atoms with Crippen LogP contribution < -0.4 is 10.6 Å². The standard InChI is InChI=1S/C24H26FN5O3/c1-3-19(22-26-9-4-10-27-22)29-24(32)20-13-18(21-14-33-12-11-30(20)21)23(31)28-15(2)16-5-7-17(25)8-6-16/h4-10,13,15,19H,3,11-12,14H2,1-2H3,(H,28,31)(H,29,32). The zero-order chi connectivity index (χ0) is 23.4. The van der Waals surface area contributed by atoms with Gasteiger partial charge in [0.05, 0.1) is 36.6 Å². The minimum absolute atomic E-state index is 0.236. The first-order chi connectivity index (χ1) is 16.0. The molecule has 4 rings (SSSR count). The fourth-order valence-corrected chi connectivity index (χ4v) is 3.89. The molecule has 2 aromatic heterocycles. The molecule has 0 radical (unpaired) electrons. The first kappa shape index (κ1) is 22.6. The van der Waals surface area contributed by atoms with Crippen molar-refractivity contribution >= 4 is 11.8 Å². The topological polar surface area (TPSA) is 98.1 Å². The number of carbonyl (C=O) groups is 2. The van der Waals surface area contributed by atoms with Gasteiger partial charge < -0.3 is 19.9 Å². The van der Waals surface area contributed by atoms with E-state index in [1.165, 1.54) is 12.1 Å². The summed E-state index contributed by atoms with van der Waals surface area (Å²) in [7, 11) is 0. The van der Waals surface area contributed by atoms with E-state index >= 15 is 0 Å². The molecule has 2 amide bonds. The number of fused-ring (bicyclic) bond motifs is 1. The van der Waals surface area contributed by atoms with Crippen molar-refractivity contribution in [1.29, 1.82) is 0 Å². The fourth-order valence-electron chi connectivity index (χ4n) is 3.89. The van der Waals surface area contributed by atoms with Crippen LogP contribution in [0.1, 0.15) is 70.3 Å². The van der Waals surface area contributed by atoms with E-state index in [4.69, 9.17) is 4.74 Å². The molecule has 0 saturated carbocycles. The van der Waals surface area contributed by atoms with Gasteiger partial charge in [-0.05, 0) is 43.2 Å². The van der Waals surface area contributed by atoms with Gasteiger partial charge in [-0.2, -0.15) is 0 Å². The van der Waals surface area contributed by atoms with E-state index in [1.807, 2.05) is 18.4 Å². The number of nitrogens with zero attached hydrogens (tertiary/aromatic N) is 3. The van der Waals surface area contributed by atoms with Crippen molar-refractivity contribution in [2.24, 2.45) is 0 Å². The Labute approximate surface area is 191 Å². The van der Waals surface area contributed by atoms with Crippen molar-refractivity contribution in [2.75, 3.05) is 6.61 Å². The molecular formula is C24H26FN5O3. The summed E-state index contributed by atoms with van der Waals surface area (Å²) in [6.07, 6.45) is 3.89. The van der Waals surface area contributed by atoms with Crippen molar-refractivity contribution in [3.8, 4) is 0 Å². The van der Waals surface area contributed by atoms with Gasteiger partial charge in [0.1, 0.15) is 17.3 Å². The second kappa shape index (κ2) is 9.91. The molecule has 1 aromatic carbocycles.